The van der Waals surface area contributed by atoms with E-state index in [1.54, 1.807) is 12.3 Å². The molecule has 5 aromatic rings. The first-order chi connectivity index (χ1) is 13.4. The lowest BCUT2D eigenvalue weighted by Gasteiger charge is -1.98. The molecule has 0 spiro atoms. The number of hydrogen-bond donors (Lipinski definition) is 0. The molecule has 0 aliphatic rings. The van der Waals surface area contributed by atoms with E-state index in [-0.39, 0.29) is 0 Å². The second kappa shape index (κ2) is 10.3. The Morgan fingerprint density at radius 1 is 0.519 bits per heavy atom. The number of hydrogen-bond acceptors (Lipinski definition) is 3. The molecule has 3 heteroatoms. The zero-order valence-electron chi connectivity index (χ0n) is 14.8. The van der Waals surface area contributed by atoms with Crippen LogP contribution in [-0.2, 0) is 0 Å². The topological polar surface area (TPSA) is 38.9 Å². The summed E-state index contributed by atoms with van der Waals surface area (Å²) in [6.45, 7) is 0. The van der Waals surface area contributed by atoms with Crippen LogP contribution >= 0.6 is 0 Å². The van der Waals surface area contributed by atoms with Crippen molar-refractivity contribution in [3.8, 4) is 11.1 Å². The highest BCUT2D eigenvalue weighted by Gasteiger charge is 1.91. The molecule has 3 aromatic carbocycles. The van der Waals surface area contributed by atoms with Gasteiger partial charge in [-0.15, -0.1) is 0 Å². The van der Waals surface area contributed by atoms with E-state index >= 15 is 0 Å². The minimum atomic E-state index is 1.06. The number of aromatic nitrogens is 2. The summed E-state index contributed by atoms with van der Waals surface area (Å²) in [4.78, 5) is 4.18. The zero-order chi connectivity index (χ0) is 18.6. The molecule has 0 fully saturated rings. The Labute approximate surface area is 158 Å². The number of para-hydroxylation sites is 1. The first kappa shape index (κ1) is 18.1. The van der Waals surface area contributed by atoms with Crippen LogP contribution in [0.15, 0.2) is 126 Å². The second-order valence-corrected chi connectivity index (χ2v) is 5.62. The smallest absolute Gasteiger partial charge is 0.123 e. The predicted octanol–water partition coefficient (Wildman–Crippen LogP) is 6.26. The van der Waals surface area contributed by atoms with E-state index in [1.165, 1.54) is 22.8 Å². The van der Waals surface area contributed by atoms with Crippen molar-refractivity contribution in [3.05, 3.63) is 122 Å². The largest absolute Gasteiger partial charge is 0.365 e. The molecule has 0 N–H and O–H groups in total. The molecule has 0 saturated carbocycles. The summed E-state index contributed by atoms with van der Waals surface area (Å²) in [6.07, 6.45) is 4.91. The highest BCUT2D eigenvalue weighted by molar-refractivity contribution is 5.77. The van der Waals surface area contributed by atoms with Crippen LogP contribution in [-0.4, -0.2) is 10.1 Å². The maximum absolute atomic E-state index is 4.33. The van der Waals surface area contributed by atoms with Crippen molar-refractivity contribution in [1.82, 2.24) is 10.1 Å². The van der Waals surface area contributed by atoms with E-state index in [4.69, 9.17) is 0 Å². The summed E-state index contributed by atoms with van der Waals surface area (Å²) in [5.41, 5.74) is 3.61. The molecule has 0 aliphatic carbocycles. The van der Waals surface area contributed by atoms with Crippen LogP contribution in [0.25, 0.3) is 22.0 Å². The molecule has 2 aromatic heterocycles. The van der Waals surface area contributed by atoms with Crippen LogP contribution in [0.1, 0.15) is 0 Å². The van der Waals surface area contributed by atoms with E-state index in [0.717, 1.165) is 5.52 Å². The average Bonchev–Trinajstić information content (AvgIpc) is 3.36. The van der Waals surface area contributed by atoms with Gasteiger partial charge in [0.1, 0.15) is 6.26 Å². The van der Waals surface area contributed by atoms with Crippen molar-refractivity contribution in [1.29, 1.82) is 0 Å². The fourth-order valence-electron chi connectivity index (χ4n) is 2.45. The van der Waals surface area contributed by atoms with Crippen molar-refractivity contribution < 1.29 is 4.52 Å². The predicted molar refractivity (Wildman–Crippen MR) is 110 cm³/mol. The van der Waals surface area contributed by atoms with E-state index in [0.29, 0.717) is 0 Å². The summed E-state index contributed by atoms with van der Waals surface area (Å²) >= 11 is 0. The van der Waals surface area contributed by atoms with Crippen LogP contribution in [0.2, 0.25) is 0 Å². The Balaban J connectivity index is 0.000000126. The molecule has 132 valence electrons. The number of rotatable bonds is 1. The van der Waals surface area contributed by atoms with Crippen LogP contribution in [0, 0.1) is 0 Å². The van der Waals surface area contributed by atoms with Gasteiger partial charge in [-0.2, -0.15) is 0 Å². The first-order valence-electron chi connectivity index (χ1n) is 8.68. The monoisotopic (exact) mass is 352 g/mol. The fourth-order valence-corrected chi connectivity index (χ4v) is 2.45. The lowest BCUT2D eigenvalue weighted by Crippen LogP contribution is -1.73. The number of nitrogens with zero attached hydrogens (tertiary/aromatic N) is 2. The maximum Gasteiger partial charge on any atom is 0.123 e. The van der Waals surface area contributed by atoms with Crippen molar-refractivity contribution in [2.45, 2.75) is 0 Å². The fraction of sp³-hybridized carbons (Fsp3) is 0. The highest BCUT2D eigenvalue weighted by atomic mass is 16.5. The minimum absolute atomic E-state index is 1.06. The Hall–Kier alpha value is -3.72. The van der Waals surface area contributed by atoms with Crippen LogP contribution in [0.3, 0.4) is 0 Å². The highest BCUT2D eigenvalue weighted by Crippen LogP contribution is 2.17. The molecule has 0 bridgehead atoms. The van der Waals surface area contributed by atoms with Gasteiger partial charge < -0.3 is 4.52 Å². The quantitative estimate of drug-likeness (QED) is 0.357. The van der Waals surface area contributed by atoms with Gasteiger partial charge in [0, 0.05) is 11.6 Å². The van der Waals surface area contributed by atoms with Gasteiger partial charge in [0.2, 0.25) is 0 Å². The number of fused-ring (bicyclic) bond motifs is 1. The molecule has 27 heavy (non-hydrogen) atoms. The first-order valence-corrected chi connectivity index (χ1v) is 8.68. The molecule has 2 heterocycles. The third-order valence-electron chi connectivity index (χ3n) is 3.74. The lowest BCUT2D eigenvalue weighted by atomic mass is 10.1. The number of pyridine rings is 1. The Morgan fingerprint density at radius 3 is 1.63 bits per heavy atom. The summed E-state index contributed by atoms with van der Waals surface area (Å²) in [5.74, 6) is 0. The average molecular weight is 352 g/mol. The summed E-state index contributed by atoms with van der Waals surface area (Å²) in [6, 6.07) is 34.6. The van der Waals surface area contributed by atoms with E-state index < -0.39 is 0 Å². The lowest BCUT2D eigenvalue weighted by molar-refractivity contribution is 0.420. The molecule has 0 unspecified atom stereocenters. The maximum atomic E-state index is 4.33. The second-order valence-electron chi connectivity index (χ2n) is 5.62. The van der Waals surface area contributed by atoms with Crippen molar-refractivity contribution in [3.63, 3.8) is 0 Å². The standard InChI is InChI=1S/C12H10.C9H7N.C3H3NO/c1-3-7-11(8-4-1)12-9-5-2-6-10-12;1-2-6-9-8(4-1)5-3-7-10-9;1-2-4-5-3-1/h1-10H;1-7H;1-3H. The third kappa shape index (κ3) is 5.94. The van der Waals surface area contributed by atoms with Crippen molar-refractivity contribution >= 4 is 10.9 Å². The molecule has 5 rings (SSSR count). The normalized spacial score (nSPS) is 9.48. The zero-order valence-corrected chi connectivity index (χ0v) is 14.8. The van der Waals surface area contributed by atoms with Gasteiger partial charge in [0.15, 0.2) is 0 Å². The molecule has 0 aliphatic heterocycles. The summed E-state index contributed by atoms with van der Waals surface area (Å²) in [5, 5.41) is 4.55. The Kier molecular flexibility index (Phi) is 6.91. The van der Waals surface area contributed by atoms with Gasteiger partial charge in [0.25, 0.3) is 0 Å². The van der Waals surface area contributed by atoms with Crippen molar-refractivity contribution in [2.24, 2.45) is 0 Å². The SMILES string of the molecule is c1ccc(-c2ccccc2)cc1.c1ccc2ncccc2c1.c1cnoc1. The molecular weight excluding hydrogens is 332 g/mol. The van der Waals surface area contributed by atoms with Gasteiger partial charge in [-0.25, -0.2) is 0 Å². The Morgan fingerprint density at radius 2 is 1.11 bits per heavy atom. The molecule has 3 nitrogen and oxygen atoms in total. The Bertz CT molecular complexity index is 894. The molecule has 0 saturated heterocycles. The van der Waals surface area contributed by atoms with Gasteiger partial charge in [-0.3, -0.25) is 4.98 Å². The van der Waals surface area contributed by atoms with Gasteiger partial charge in [0.05, 0.1) is 11.7 Å². The van der Waals surface area contributed by atoms with E-state index in [1.807, 2.05) is 42.6 Å². The van der Waals surface area contributed by atoms with Crippen molar-refractivity contribution in [2.75, 3.05) is 0 Å². The molecule has 0 amide bonds. The van der Waals surface area contributed by atoms with Crippen LogP contribution < -0.4 is 0 Å². The third-order valence-corrected chi connectivity index (χ3v) is 3.74. The molecular formula is C24H20N2O. The van der Waals surface area contributed by atoms with Gasteiger partial charge in [-0.05, 0) is 29.3 Å². The molecule has 0 radical (unpaired) electrons. The number of benzene rings is 3. The van der Waals surface area contributed by atoms with Crippen LogP contribution in [0.4, 0.5) is 0 Å². The van der Waals surface area contributed by atoms with Gasteiger partial charge in [-0.1, -0.05) is 90.1 Å². The van der Waals surface area contributed by atoms with E-state index in [2.05, 4.69) is 75.3 Å². The minimum Gasteiger partial charge on any atom is -0.365 e. The summed E-state index contributed by atoms with van der Waals surface area (Å²) < 4.78 is 4.33. The van der Waals surface area contributed by atoms with Crippen LogP contribution in [0.5, 0.6) is 0 Å². The van der Waals surface area contributed by atoms with Gasteiger partial charge >= 0.3 is 0 Å². The van der Waals surface area contributed by atoms with E-state index in [9.17, 15) is 0 Å². The summed E-state index contributed by atoms with van der Waals surface area (Å²) in [7, 11) is 0. The molecule has 0 atom stereocenters.